The second-order valence-electron chi connectivity index (χ2n) is 3.42. The van der Waals surface area contributed by atoms with E-state index in [4.69, 9.17) is 0 Å². The van der Waals surface area contributed by atoms with E-state index in [1.807, 2.05) is 0 Å². The lowest BCUT2D eigenvalue weighted by molar-refractivity contribution is -0.119. The second kappa shape index (κ2) is 7.40. The van der Waals surface area contributed by atoms with Crippen LogP contribution >= 0.6 is 15.9 Å². The number of unbranched alkanes of at least 4 members (excludes halogenated alkanes) is 1. The van der Waals surface area contributed by atoms with Crippen LogP contribution in [0.2, 0.25) is 0 Å². The molecule has 14 heavy (non-hydrogen) atoms. The molecular formula is C9H17BrO3S. The van der Waals surface area contributed by atoms with Crippen LogP contribution in [-0.4, -0.2) is 31.5 Å². The second-order valence-corrected chi connectivity index (χ2v) is 6.47. The van der Waals surface area contributed by atoms with Crippen LogP contribution in [0.1, 0.15) is 32.1 Å². The summed E-state index contributed by atoms with van der Waals surface area (Å²) in [5.74, 6) is 0.427. The van der Waals surface area contributed by atoms with Crippen molar-refractivity contribution in [2.24, 2.45) is 0 Å². The van der Waals surface area contributed by atoms with Gasteiger partial charge >= 0.3 is 0 Å². The molecule has 0 aliphatic carbocycles. The number of carbonyl (C=O) groups is 1. The number of sulfone groups is 1. The molecule has 3 nitrogen and oxygen atoms in total. The van der Waals surface area contributed by atoms with Gasteiger partial charge in [0.2, 0.25) is 0 Å². The lowest BCUT2D eigenvalue weighted by Crippen LogP contribution is -2.04. The van der Waals surface area contributed by atoms with E-state index in [1.165, 1.54) is 6.26 Å². The summed E-state index contributed by atoms with van der Waals surface area (Å²) >= 11 is 3.25. The molecule has 0 heterocycles. The highest BCUT2D eigenvalue weighted by Crippen LogP contribution is 2.04. The molecule has 0 atom stereocenters. The standard InChI is InChI=1S/C9H17BrO3S/c1-14(12,13)8-3-2-5-9(11)6-4-7-10/h2-8H2,1H3. The van der Waals surface area contributed by atoms with E-state index >= 15 is 0 Å². The van der Waals surface area contributed by atoms with Crippen molar-refractivity contribution in [3.8, 4) is 0 Å². The van der Waals surface area contributed by atoms with Gasteiger partial charge in [-0.05, 0) is 19.3 Å². The van der Waals surface area contributed by atoms with Crippen molar-refractivity contribution < 1.29 is 13.2 Å². The maximum atomic E-state index is 11.2. The smallest absolute Gasteiger partial charge is 0.147 e. The molecule has 0 unspecified atom stereocenters. The summed E-state index contributed by atoms with van der Waals surface area (Å²) in [5, 5.41) is 0.849. The first kappa shape index (κ1) is 14.1. The van der Waals surface area contributed by atoms with Crippen LogP contribution in [0.15, 0.2) is 0 Å². The number of carbonyl (C=O) groups excluding carboxylic acids is 1. The summed E-state index contributed by atoms with van der Waals surface area (Å²) < 4.78 is 21.5. The van der Waals surface area contributed by atoms with E-state index in [-0.39, 0.29) is 11.5 Å². The van der Waals surface area contributed by atoms with Gasteiger partial charge in [0.05, 0.1) is 0 Å². The predicted octanol–water partition coefficient (Wildman–Crippen LogP) is 1.95. The van der Waals surface area contributed by atoms with Gasteiger partial charge in [0.25, 0.3) is 0 Å². The Morgan fingerprint density at radius 2 is 1.71 bits per heavy atom. The van der Waals surface area contributed by atoms with Crippen molar-refractivity contribution in [1.82, 2.24) is 0 Å². The van der Waals surface area contributed by atoms with E-state index in [1.54, 1.807) is 0 Å². The molecule has 0 aromatic rings. The molecular weight excluding hydrogens is 268 g/mol. The Hall–Kier alpha value is 0.1000. The highest BCUT2D eigenvalue weighted by Gasteiger charge is 2.04. The quantitative estimate of drug-likeness (QED) is 0.506. The third-order valence-corrected chi connectivity index (χ3v) is 3.40. The zero-order valence-electron chi connectivity index (χ0n) is 8.46. The molecule has 0 aliphatic rings. The van der Waals surface area contributed by atoms with Crippen molar-refractivity contribution in [2.45, 2.75) is 32.1 Å². The molecule has 0 aromatic carbocycles. The molecule has 0 saturated heterocycles. The molecule has 0 rings (SSSR count). The summed E-state index contributed by atoms with van der Waals surface area (Å²) in [6, 6.07) is 0. The number of hydrogen-bond acceptors (Lipinski definition) is 3. The van der Waals surface area contributed by atoms with Gasteiger partial charge in [-0.2, -0.15) is 0 Å². The minimum absolute atomic E-state index is 0.193. The Labute approximate surface area is 94.3 Å². The van der Waals surface area contributed by atoms with Crippen LogP contribution in [-0.2, 0) is 14.6 Å². The maximum Gasteiger partial charge on any atom is 0.147 e. The Morgan fingerprint density at radius 1 is 1.14 bits per heavy atom. The first-order valence-electron chi connectivity index (χ1n) is 4.71. The van der Waals surface area contributed by atoms with Crippen molar-refractivity contribution >= 4 is 31.6 Å². The van der Waals surface area contributed by atoms with Gasteiger partial charge in [-0.15, -0.1) is 0 Å². The van der Waals surface area contributed by atoms with Gasteiger partial charge in [-0.1, -0.05) is 15.9 Å². The molecule has 5 heteroatoms. The van der Waals surface area contributed by atoms with E-state index in [2.05, 4.69) is 15.9 Å². The summed E-state index contributed by atoms with van der Waals surface area (Å²) in [6.07, 6.45) is 4.49. The molecule has 0 radical (unpaired) electrons. The van der Waals surface area contributed by atoms with Gasteiger partial charge in [-0.25, -0.2) is 8.42 Å². The largest absolute Gasteiger partial charge is 0.300 e. The Bertz CT molecular complexity index is 259. The molecule has 0 aromatic heterocycles. The average molecular weight is 285 g/mol. The van der Waals surface area contributed by atoms with Crippen molar-refractivity contribution in [2.75, 3.05) is 17.3 Å². The number of rotatable bonds is 8. The fourth-order valence-corrected chi connectivity index (χ4v) is 2.08. The lowest BCUT2D eigenvalue weighted by Gasteiger charge is -1.99. The summed E-state index contributed by atoms with van der Waals surface area (Å²) in [4.78, 5) is 11.2. The van der Waals surface area contributed by atoms with Crippen molar-refractivity contribution in [3.05, 3.63) is 0 Å². The first-order valence-corrected chi connectivity index (χ1v) is 7.89. The third-order valence-electron chi connectivity index (χ3n) is 1.81. The number of Topliss-reactive ketones (excluding diaryl/α,β-unsaturated/α-hetero) is 1. The van der Waals surface area contributed by atoms with E-state index in [0.29, 0.717) is 25.7 Å². The molecule has 0 spiro atoms. The Balaban J connectivity index is 3.41. The predicted molar refractivity (Wildman–Crippen MR) is 61.6 cm³/mol. The average Bonchev–Trinajstić information content (AvgIpc) is 2.07. The topological polar surface area (TPSA) is 51.2 Å². The van der Waals surface area contributed by atoms with Gasteiger partial charge in [0, 0.05) is 30.2 Å². The number of halogens is 1. The SMILES string of the molecule is CS(=O)(=O)CCCCC(=O)CCCBr. The van der Waals surface area contributed by atoms with Crippen LogP contribution < -0.4 is 0 Å². The molecule has 0 aliphatic heterocycles. The van der Waals surface area contributed by atoms with E-state index in [0.717, 1.165) is 11.8 Å². The highest BCUT2D eigenvalue weighted by atomic mass is 79.9. The fourth-order valence-electron chi connectivity index (χ4n) is 1.08. The highest BCUT2D eigenvalue weighted by molar-refractivity contribution is 9.09. The molecule has 0 fully saturated rings. The van der Waals surface area contributed by atoms with Crippen LogP contribution in [0.5, 0.6) is 0 Å². The number of hydrogen-bond donors (Lipinski definition) is 0. The van der Waals surface area contributed by atoms with E-state index in [9.17, 15) is 13.2 Å². The molecule has 0 bridgehead atoms. The van der Waals surface area contributed by atoms with Crippen LogP contribution in [0.3, 0.4) is 0 Å². The van der Waals surface area contributed by atoms with Crippen LogP contribution in [0.25, 0.3) is 0 Å². The first-order chi connectivity index (χ1) is 6.45. The van der Waals surface area contributed by atoms with Gasteiger partial charge < -0.3 is 0 Å². The normalized spacial score (nSPS) is 11.6. The summed E-state index contributed by atoms with van der Waals surface area (Å²) in [5.41, 5.74) is 0. The zero-order chi connectivity index (χ0) is 11.0. The molecule has 0 N–H and O–H groups in total. The molecule has 0 saturated carbocycles. The van der Waals surface area contributed by atoms with Crippen molar-refractivity contribution in [3.63, 3.8) is 0 Å². The summed E-state index contributed by atoms with van der Waals surface area (Å²) in [7, 11) is -2.86. The fraction of sp³-hybridized carbons (Fsp3) is 0.889. The van der Waals surface area contributed by atoms with Gasteiger partial charge in [-0.3, -0.25) is 4.79 Å². The maximum absolute atomic E-state index is 11.2. The summed E-state index contributed by atoms with van der Waals surface area (Å²) in [6.45, 7) is 0. The molecule has 84 valence electrons. The van der Waals surface area contributed by atoms with Gasteiger partial charge in [0.15, 0.2) is 0 Å². The molecule has 0 amide bonds. The van der Waals surface area contributed by atoms with Gasteiger partial charge in [0.1, 0.15) is 15.6 Å². The minimum Gasteiger partial charge on any atom is -0.300 e. The lowest BCUT2D eigenvalue weighted by atomic mass is 10.1. The Kier molecular flexibility index (Phi) is 7.45. The van der Waals surface area contributed by atoms with Crippen LogP contribution in [0.4, 0.5) is 0 Å². The number of ketones is 1. The number of alkyl halides is 1. The van der Waals surface area contributed by atoms with Crippen molar-refractivity contribution in [1.29, 1.82) is 0 Å². The Morgan fingerprint density at radius 3 is 2.21 bits per heavy atom. The minimum atomic E-state index is -2.86. The zero-order valence-corrected chi connectivity index (χ0v) is 10.9. The van der Waals surface area contributed by atoms with Crippen LogP contribution in [0, 0.1) is 0 Å². The van der Waals surface area contributed by atoms with E-state index < -0.39 is 9.84 Å². The monoisotopic (exact) mass is 284 g/mol. The third kappa shape index (κ3) is 10.2.